The third-order valence-electron chi connectivity index (χ3n) is 2.82. The van der Waals surface area contributed by atoms with Crippen LogP contribution in [0.4, 0.5) is 0 Å². The fourth-order valence-corrected chi connectivity index (χ4v) is 2.04. The number of methoxy groups -OCH3 is 1. The summed E-state index contributed by atoms with van der Waals surface area (Å²) in [7, 11) is 3.81. The molecule has 0 radical (unpaired) electrons. The monoisotopic (exact) mass is 237 g/mol. The molecule has 2 atom stereocenters. The van der Waals surface area contributed by atoms with Crippen LogP contribution in [0, 0.1) is 0 Å². The Kier molecular flexibility index (Phi) is 6.11. The van der Waals surface area contributed by atoms with Crippen LogP contribution >= 0.6 is 0 Å². The van der Waals surface area contributed by atoms with Gasteiger partial charge in [0.05, 0.1) is 11.7 Å². The van der Waals surface area contributed by atoms with Crippen molar-refractivity contribution >= 4 is 0 Å². The van der Waals surface area contributed by atoms with Crippen LogP contribution in [-0.2, 0) is 4.74 Å². The number of rotatable bonds is 7. The molecule has 0 saturated heterocycles. The third kappa shape index (κ3) is 4.42. The van der Waals surface area contributed by atoms with Crippen LogP contribution in [0.2, 0.25) is 0 Å². The molecule has 2 N–H and O–H groups in total. The summed E-state index contributed by atoms with van der Waals surface area (Å²) in [5.41, 5.74) is 7.09. The molecule has 96 valence electrons. The highest BCUT2D eigenvalue weighted by Gasteiger charge is 2.21. The van der Waals surface area contributed by atoms with Gasteiger partial charge in [0.25, 0.3) is 0 Å². The smallest absolute Gasteiger partial charge is 0.0668 e. The number of hydrogen-bond donors (Lipinski definition) is 1. The SMILES string of the molecule is COCCCN(C)C(c1ccccn1)C(C)N. The van der Waals surface area contributed by atoms with E-state index in [9.17, 15) is 0 Å². The lowest BCUT2D eigenvalue weighted by Crippen LogP contribution is -2.38. The molecule has 1 heterocycles. The van der Waals surface area contributed by atoms with Gasteiger partial charge in [0.15, 0.2) is 0 Å². The van der Waals surface area contributed by atoms with E-state index in [1.54, 1.807) is 7.11 Å². The Labute approximate surface area is 104 Å². The van der Waals surface area contributed by atoms with Crippen molar-refractivity contribution < 1.29 is 4.74 Å². The van der Waals surface area contributed by atoms with E-state index in [0.717, 1.165) is 25.3 Å². The molecule has 0 aliphatic carbocycles. The lowest BCUT2D eigenvalue weighted by Gasteiger charge is -2.30. The lowest BCUT2D eigenvalue weighted by molar-refractivity contribution is 0.157. The molecule has 17 heavy (non-hydrogen) atoms. The Morgan fingerprint density at radius 2 is 2.24 bits per heavy atom. The largest absolute Gasteiger partial charge is 0.385 e. The molecule has 4 heteroatoms. The quantitative estimate of drug-likeness (QED) is 0.729. The third-order valence-corrected chi connectivity index (χ3v) is 2.82. The number of ether oxygens (including phenoxy) is 1. The van der Waals surface area contributed by atoms with Gasteiger partial charge in [0.2, 0.25) is 0 Å². The highest BCUT2D eigenvalue weighted by molar-refractivity contribution is 5.10. The Bertz CT molecular complexity index is 303. The summed E-state index contributed by atoms with van der Waals surface area (Å²) in [5.74, 6) is 0. The van der Waals surface area contributed by atoms with Crippen LogP contribution in [0.5, 0.6) is 0 Å². The average Bonchev–Trinajstić information content (AvgIpc) is 2.30. The van der Waals surface area contributed by atoms with Gasteiger partial charge >= 0.3 is 0 Å². The highest BCUT2D eigenvalue weighted by atomic mass is 16.5. The molecule has 0 amide bonds. The van der Waals surface area contributed by atoms with Crippen LogP contribution in [0.15, 0.2) is 24.4 Å². The molecule has 0 aliphatic heterocycles. The fourth-order valence-electron chi connectivity index (χ4n) is 2.04. The van der Waals surface area contributed by atoms with Crippen molar-refractivity contribution in [3.05, 3.63) is 30.1 Å². The minimum Gasteiger partial charge on any atom is -0.385 e. The van der Waals surface area contributed by atoms with E-state index in [0.29, 0.717) is 0 Å². The first-order valence-electron chi connectivity index (χ1n) is 6.02. The van der Waals surface area contributed by atoms with Crippen LogP contribution in [-0.4, -0.2) is 43.2 Å². The van der Waals surface area contributed by atoms with E-state index >= 15 is 0 Å². The summed E-state index contributed by atoms with van der Waals surface area (Å²) in [6.07, 6.45) is 2.82. The van der Waals surface area contributed by atoms with E-state index in [2.05, 4.69) is 16.9 Å². The Hall–Kier alpha value is -0.970. The van der Waals surface area contributed by atoms with Gasteiger partial charge in [-0.3, -0.25) is 9.88 Å². The minimum absolute atomic E-state index is 0.0532. The lowest BCUT2D eigenvalue weighted by atomic mass is 10.0. The number of aromatic nitrogens is 1. The van der Waals surface area contributed by atoms with Crippen LogP contribution in [0.3, 0.4) is 0 Å². The van der Waals surface area contributed by atoms with Gasteiger partial charge in [-0.05, 0) is 32.5 Å². The van der Waals surface area contributed by atoms with Gasteiger partial charge in [-0.2, -0.15) is 0 Å². The summed E-state index contributed by atoms with van der Waals surface area (Å²) in [6, 6.07) is 6.17. The topological polar surface area (TPSA) is 51.4 Å². The van der Waals surface area contributed by atoms with Crippen molar-refractivity contribution in [3.8, 4) is 0 Å². The van der Waals surface area contributed by atoms with Crippen molar-refractivity contribution in [2.75, 3.05) is 27.3 Å². The van der Waals surface area contributed by atoms with Gasteiger partial charge < -0.3 is 10.5 Å². The maximum Gasteiger partial charge on any atom is 0.0668 e. The van der Waals surface area contributed by atoms with E-state index in [1.807, 2.05) is 31.3 Å². The molecule has 0 bridgehead atoms. The molecule has 2 unspecified atom stereocenters. The maximum atomic E-state index is 6.06. The number of nitrogens with zero attached hydrogens (tertiary/aromatic N) is 2. The molecule has 0 saturated carbocycles. The first-order valence-corrected chi connectivity index (χ1v) is 6.02. The number of pyridine rings is 1. The second-order valence-corrected chi connectivity index (χ2v) is 4.39. The molecular weight excluding hydrogens is 214 g/mol. The average molecular weight is 237 g/mol. The van der Waals surface area contributed by atoms with Crippen molar-refractivity contribution in [3.63, 3.8) is 0 Å². The number of nitrogens with two attached hydrogens (primary N) is 1. The minimum atomic E-state index is 0.0532. The first kappa shape index (κ1) is 14.1. The fraction of sp³-hybridized carbons (Fsp3) is 0.615. The summed E-state index contributed by atoms with van der Waals surface area (Å²) < 4.78 is 5.06. The number of likely N-dealkylation sites (N-methyl/N-ethyl adjacent to an activating group) is 1. The zero-order valence-electron chi connectivity index (χ0n) is 11.0. The van der Waals surface area contributed by atoms with Gasteiger partial charge in [0.1, 0.15) is 0 Å². The van der Waals surface area contributed by atoms with Gasteiger partial charge in [-0.15, -0.1) is 0 Å². The first-order chi connectivity index (χ1) is 8.16. The van der Waals surface area contributed by atoms with Gasteiger partial charge in [-0.25, -0.2) is 0 Å². The zero-order valence-corrected chi connectivity index (χ0v) is 11.0. The molecule has 4 nitrogen and oxygen atoms in total. The van der Waals surface area contributed by atoms with Crippen LogP contribution in [0.25, 0.3) is 0 Å². The Morgan fingerprint density at radius 1 is 1.47 bits per heavy atom. The zero-order chi connectivity index (χ0) is 12.7. The Morgan fingerprint density at radius 3 is 2.76 bits per heavy atom. The highest BCUT2D eigenvalue weighted by Crippen LogP contribution is 2.19. The van der Waals surface area contributed by atoms with Crippen molar-refractivity contribution in [1.29, 1.82) is 0 Å². The van der Waals surface area contributed by atoms with E-state index in [4.69, 9.17) is 10.5 Å². The maximum absolute atomic E-state index is 6.06. The molecular formula is C13H23N3O. The summed E-state index contributed by atoms with van der Waals surface area (Å²) in [6.45, 7) is 3.75. The number of hydrogen-bond acceptors (Lipinski definition) is 4. The second-order valence-electron chi connectivity index (χ2n) is 4.39. The normalized spacial score (nSPS) is 14.9. The molecule has 1 aromatic heterocycles. The van der Waals surface area contributed by atoms with Crippen LogP contribution in [0.1, 0.15) is 25.1 Å². The van der Waals surface area contributed by atoms with E-state index in [-0.39, 0.29) is 12.1 Å². The standard InChI is InChI=1S/C13H23N3O/c1-11(14)13(12-7-4-5-8-15-12)16(2)9-6-10-17-3/h4-5,7-8,11,13H,6,9-10,14H2,1-3H3. The van der Waals surface area contributed by atoms with Crippen LogP contribution < -0.4 is 5.73 Å². The predicted octanol–water partition coefficient (Wildman–Crippen LogP) is 1.44. The predicted molar refractivity (Wildman–Crippen MR) is 69.8 cm³/mol. The molecule has 1 aromatic rings. The summed E-state index contributed by atoms with van der Waals surface area (Å²) in [4.78, 5) is 6.64. The summed E-state index contributed by atoms with van der Waals surface area (Å²) >= 11 is 0. The summed E-state index contributed by atoms with van der Waals surface area (Å²) in [5, 5.41) is 0. The van der Waals surface area contributed by atoms with Gasteiger partial charge in [0, 0.05) is 32.5 Å². The molecule has 0 aliphatic rings. The van der Waals surface area contributed by atoms with Crippen molar-refractivity contribution in [2.24, 2.45) is 5.73 Å². The molecule has 1 rings (SSSR count). The van der Waals surface area contributed by atoms with E-state index in [1.165, 1.54) is 0 Å². The second kappa shape index (κ2) is 7.37. The molecule has 0 fully saturated rings. The molecule has 0 spiro atoms. The Balaban J connectivity index is 2.66. The van der Waals surface area contributed by atoms with Gasteiger partial charge in [-0.1, -0.05) is 6.07 Å². The molecule has 0 aromatic carbocycles. The van der Waals surface area contributed by atoms with Crippen molar-refractivity contribution in [2.45, 2.75) is 25.4 Å². The van der Waals surface area contributed by atoms with Crippen molar-refractivity contribution in [1.82, 2.24) is 9.88 Å². The van der Waals surface area contributed by atoms with E-state index < -0.39 is 0 Å².